The zero-order chi connectivity index (χ0) is 15.7. The molecule has 0 radical (unpaired) electrons. The second-order valence-corrected chi connectivity index (χ2v) is 4.45. The van der Waals surface area contributed by atoms with Gasteiger partial charge in [0.05, 0.1) is 11.5 Å². The Bertz CT molecular complexity index is 525. The third kappa shape index (κ3) is 6.56. The van der Waals surface area contributed by atoms with Gasteiger partial charge >= 0.3 is 5.97 Å². The predicted octanol–water partition coefficient (Wildman–Crippen LogP) is 3.05. The molecule has 0 bridgehead atoms. The van der Waals surface area contributed by atoms with Crippen LogP contribution in [0.4, 0.5) is 0 Å². The number of rotatable bonds is 8. The number of ether oxygens (including phenoxy) is 2. The van der Waals surface area contributed by atoms with Gasteiger partial charge in [0.25, 0.3) is 5.70 Å². The second-order valence-electron chi connectivity index (χ2n) is 4.45. The summed E-state index contributed by atoms with van der Waals surface area (Å²) in [5, 5.41) is 10.9. The number of hydrogen-bond donors (Lipinski definition) is 0. The number of carbonyl (C=O) groups is 1. The van der Waals surface area contributed by atoms with Crippen LogP contribution in [0.15, 0.2) is 30.0 Å². The molecule has 0 aliphatic carbocycles. The van der Waals surface area contributed by atoms with Crippen molar-refractivity contribution in [2.24, 2.45) is 0 Å². The standard InChI is InChI=1S/C15H19NO5/c1-3-4-8-20-15-7-5-6-13(10-15)9-14(16(18)19)11-21-12(2)17/h5-7,9-10H,3-4,8,11H2,1-2H3/b14-9-. The maximum atomic E-state index is 10.9. The average molecular weight is 293 g/mol. The molecule has 1 rings (SSSR count). The van der Waals surface area contributed by atoms with Crippen LogP contribution in [0, 0.1) is 10.1 Å². The summed E-state index contributed by atoms with van der Waals surface area (Å²) < 4.78 is 10.2. The Kier molecular flexibility index (Phi) is 6.94. The van der Waals surface area contributed by atoms with Crippen molar-refractivity contribution in [2.45, 2.75) is 26.7 Å². The molecular formula is C15H19NO5. The number of benzene rings is 1. The van der Waals surface area contributed by atoms with Crippen LogP contribution >= 0.6 is 0 Å². The lowest BCUT2D eigenvalue weighted by atomic mass is 10.2. The fourth-order valence-electron chi connectivity index (χ4n) is 1.54. The smallest absolute Gasteiger partial charge is 0.303 e. The zero-order valence-corrected chi connectivity index (χ0v) is 12.2. The number of nitro groups is 1. The van der Waals surface area contributed by atoms with Crippen LogP contribution in [0.2, 0.25) is 0 Å². The topological polar surface area (TPSA) is 78.7 Å². The Balaban J connectivity index is 2.81. The molecule has 1 aromatic rings. The molecule has 6 nitrogen and oxygen atoms in total. The lowest BCUT2D eigenvalue weighted by Crippen LogP contribution is -2.09. The van der Waals surface area contributed by atoms with Crippen molar-refractivity contribution >= 4 is 12.0 Å². The van der Waals surface area contributed by atoms with Gasteiger partial charge in [-0.2, -0.15) is 0 Å². The number of unbranched alkanes of at least 4 members (excludes halogenated alkanes) is 1. The maximum Gasteiger partial charge on any atom is 0.303 e. The minimum atomic E-state index is -0.562. The van der Waals surface area contributed by atoms with Crippen LogP contribution in [0.1, 0.15) is 32.3 Å². The Hall–Kier alpha value is -2.37. The fourth-order valence-corrected chi connectivity index (χ4v) is 1.54. The summed E-state index contributed by atoms with van der Waals surface area (Å²) in [6.45, 7) is 3.53. The quantitative estimate of drug-likeness (QED) is 0.318. The van der Waals surface area contributed by atoms with Crippen LogP contribution in [0.5, 0.6) is 5.75 Å². The molecule has 0 saturated heterocycles. The van der Waals surface area contributed by atoms with Gasteiger partial charge in [0.15, 0.2) is 6.61 Å². The van der Waals surface area contributed by atoms with Crippen LogP contribution in [-0.2, 0) is 9.53 Å². The van der Waals surface area contributed by atoms with Crippen LogP contribution in [-0.4, -0.2) is 24.1 Å². The zero-order valence-electron chi connectivity index (χ0n) is 12.2. The average Bonchev–Trinajstić information content (AvgIpc) is 2.43. The summed E-state index contributed by atoms with van der Waals surface area (Å²) in [4.78, 5) is 21.1. The monoisotopic (exact) mass is 293 g/mol. The van der Waals surface area contributed by atoms with Gasteiger partial charge in [-0.1, -0.05) is 25.5 Å². The van der Waals surface area contributed by atoms with E-state index in [0.29, 0.717) is 17.9 Å². The van der Waals surface area contributed by atoms with Gasteiger partial charge in [-0.3, -0.25) is 14.9 Å². The fraction of sp³-hybridized carbons (Fsp3) is 0.400. The molecule has 0 spiro atoms. The van der Waals surface area contributed by atoms with E-state index in [9.17, 15) is 14.9 Å². The summed E-state index contributed by atoms with van der Waals surface area (Å²) in [5.74, 6) is 0.104. The van der Waals surface area contributed by atoms with E-state index in [2.05, 4.69) is 11.7 Å². The molecule has 0 aromatic heterocycles. The van der Waals surface area contributed by atoms with Crippen LogP contribution in [0.25, 0.3) is 6.08 Å². The van der Waals surface area contributed by atoms with E-state index in [1.807, 2.05) is 0 Å². The first-order valence-corrected chi connectivity index (χ1v) is 6.74. The highest BCUT2D eigenvalue weighted by molar-refractivity contribution is 5.66. The van der Waals surface area contributed by atoms with Gasteiger partial charge in [0, 0.05) is 13.0 Å². The Labute approximate surface area is 123 Å². The van der Waals surface area contributed by atoms with E-state index < -0.39 is 10.9 Å². The molecule has 114 valence electrons. The van der Waals surface area contributed by atoms with Crippen molar-refractivity contribution in [3.8, 4) is 5.75 Å². The van der Waals surface area contributed by atoms with Gasteiger partial charge in [-0.15, -0.1) is 0 Å². The Morgan fingerprint density at radius 1 is 1.43 bits per heavy atom. The molecular weight excluding hydrogens is 274 g/mol. The third-order valence-electron chi connectivity index (χ3n) is 2.62. The van der Waals surface area contributed by atoms with Gasteiger partial charge in [0.2, 0.25) is 0 Å². The molecule has 0 saturated carbocycles. The molecule has 0 amide bonds. The highest BCUT2D eigenvalue weighted by atomic mass is 16.6. The van der Waals surface area contributed by atoms with E-state index in [0.717, 1.165) is 12.8 Å². The van der Waals surface area contributed by atoms with Crippen LogP contribution in [0.3, 0.4) is 0 Å². The summed E-state index contributed by atoms with van der Waals surface area (Å²) >= 11 is 0. The lowest BCUT2D eigenvalue weighted by Gasteiger charge is -2.06. The first-order valence-electron chi connectivity index (χ1n) is 6.74. The summed E-state index contributed by atoms with van der Waals surface area (Å²) in [5.41, 5.74) is 0.443. The van der Waals surface area contributed by atoms with Crippen molar-refractivity contribution in [1.82, 2.24) is 0 Å². The predicted molar refractivity (Wildman–Crippen MR) is 78.4 cm³/mol. The Morgan fingerprint density at radius 3 is 2.81 bits per heavy atom. The molecule has 0 aliphatic rings. The van der Waals surface area contributed by atoms with E-state index in [1.165, 1.54) is 13.0 Å². The molecule has 1 aromatic carbocycles. The van der Waals surface area contributed by atoms with Gasteiger partial charge in [-0.05, 0) is 24.1 Å². The maximum absolute atomic E-state index is 10.9. The van der Waals surface area contributed by atoms with E-state index in [-0.39, 0.29) is 12.3 Å². The largest absolute Gasteiger partial charge is 0.494 e. The second kappa shape index (κ2) is 8.73. The molecule has 0 aliphatic heterocycles. The van der Waals surface area contributed by atoms with E-state index in [4.69, 9.17) is 4.74 Å². The third-order valence-corrected chi connectivity index (χ3v) is 2.62. The number of carbonyl (C=O) groups excluding carboxylic acids is 1. The Morgan fingerprint density at radius 2 is 2.19 bits per heavy atom. The summed E-state index contributed by atoms with van der Waals surface area (Å²) in [7, 11) is 0. The molecule has 21 heavy (non-hydrogen) atoms. The number of nitrogens with zero attached hydrogens (tertiary/aromatic N) is 1. The van der Waals surface area contributed by atoms with Crippen molar-refractivity contribution in [3.63, 3.8) is 0 Å². The molecule has 0 N–H and O–H groups in total. The van der Waals surface area contributed by atoms with Crippen molar-refractivity contribution in [1.29, 1.82) is 0 Å². The highest BCUT2D eigenvalue weighted by Crippen LogP contribution is 2.16. The lowest BCUT2D eigenvalue weighted by molar-refractivity contribution is -0.428. The molecule has 0 heterocycles. The SMILES string of the molecule is CCCCOc1cccc(/C=C(/COC(C)=O)[N+](=O)[O-])c1. The first-order chi connectivity index (χ1) is 10.0. The number of hydrogen-bond acceptors (Lipinski definition) is 5. The first kappa shape index (κ1) is 16.7. The van der Waals surface area contributed by atoms with E-state index in [1.54, 1.807) is 24.3 Å². The molecule has 0 atom stereocenters. The summed E-state index contributed by atoms with van der Waals surface area (Å²) in [6.07, 6.45) is 3.36. The van der Waals surface area contributed by atoms with Gasteiger partial charge in [0.1, 0.15) is 5.75 Å². The highest BCUT2D eigenvalue weighted by Gasteiger charge is 2.13. The summed E-state index contributed by atoms with van der Waals surface area (Å²) in [6, 6.07) is 7.00. The van der Waals surface area contributed by atoms with Gasteiger partial charge in [-0.25, -0.2) is 0 Å². The number of esters is 1. The van der Waals surface area contributed by atoms with Crippen molar-refractivity contribution in [2.75, 3.05) is 13.2 Å². The normalized spacial score (nSPS) is 11.0. The van der Waals surface area contributed by atoms with Crippen molar-refractivity contribution in [3.05, 3.63) is 45.6 Å². The molecule has 6 heteroatoms. The van der Waals surface area contributed by atoms with Gasteiger partial charge < -0.3 is 9.47 Å². The van der Waals surface area contributed by atoms with E-state index >= 15 is 0 Å². The molecule has 0 fully saturated rings. The molecule has 0 unspecified atom stereocenters. The van der Waals surface area contributed by atoms with Crippen molar-refractivity contribution < 1.29 is 19.2 Å². The minimum Gasteiger partial charge on any atom is -0.494 e. The minimum absolute atomic E-state index is 0.184. The van der Waals surface area contributed by atoms with Crippen LogP contribution < -0.4 is 4.74 Å².